The molecule has 0 radical (unpaired) electrons. The quantitative estimate of drug-likeness (QED) is 0.0415. The Hall–Kier alpha value is -8.75. The summed E-state index contributed by atoms with van der Waals surface area (Å²) in [4.78, 5) is 90.6. The number of likely N-dealkylation sites (tertiary alicyclic amines) is 2. The van der Waals surface area contributed by atoms with Crippen LogP contribution in [0.3, 0.4) is 0 Å². The first-order valence-electron chi connectivity index (χ1n) is 37.5. The van der Waals surface area contributed by atoms with Gasteiger partial charge in [-0.3, -0.25) is 34.0 Å². The van der Waals surface area contributed by atoms with Crippen molar-refractivity contribution < 1.29 is 49.9 Å². The second-order valence-electron chi connectivity index (χ2n) is 33.6. The van der Waals surface area contributed by atoms with Crippen molar-refractivity contribution in [3.8, 4) is 22.5 Å². The second kappa shape index (κ2) is 26.0. The third kappa shape index (κ3) is 12.2. The summed E-state index contributed by atoms with van der Waals surface area (Å²) in [6.07, 6.45) is 8.92. The molecular weight excluding hydrogens is 1400 g/mol. The number of piperidine rings is 2. The predicted molar refractivity (Wildman–Crippen MR) is 397 cm³/mol. The van der Waals surface area contributed by atoms with Crippen molar-refractivity contribution in [3.63, 3.8) is 0 Å². The van der Waals surface area contributed by atoms with Crippen LogP contribution in [-0.2, 0) is 20.4 Å². The minimum absolute atomic E-state index is 0.00530. The van der Waals surface area contributed by atoms with Crippen molar-refractivity contribution in [1.29, 1.82) is 0 Å². The lowest BCUT2D eigenvalue weighted by Crippen LogP contribution is -2.64. The average molecular weight is 1490 g/mol. The summed E-state index contributed by atoms with van der Waals surface area (Å²) in [6.45, 7) is 23.5. The number of fused-ring (bicyclic) bond motifs is 4. The lowest BCUT2D eigenvalue weighted by molar-refractivity contribution is -0.124. The molecule has 0 spiro atoms. The first kappa shape index (κ1) is 72.4. The van der Waals surface area contributed by atoms with Crippen LogP contribution in [0.4, 0.5) is 65.1 Å². The van der Waals surface area contributed by atoms with E-state index in [2.05, 4.69) is 51.8 Å². The SMILES string of the molecule is Cc1cc(F)c(Nc2nc(-c3cnc4c(c3)N(C3CC(C)(N5CCCCC5)C3)C(=O)C4(C)C)cc3ncn(C(C)CC4CCCN(C5(C)CC(N6C(=O)C(C)(C)c7ccc(-c8cc9ncn(C(C)C)c9c(Nc9cc(C(=O)NC%10(C(F)F)CC%10)c(Cl)c(F)c9F)n8)cc76)C5)C4)c23)cc1C(=O)NC1(C(F)F)CC1. The smallest absolute Gasteiger partial charge is 0.261 e. The number of anilines is 6. The molecule has 564 valence electrons. The molecule has 3 aromatic carbocycles. The summed E-state index contributed by atoms with van der Waals surface area (Å²) in [7, 11) is 0. The molecule has 0 bridgehead atoms. The minimum atomic E-state index is -2.88. The molecule has 27 heteroatoms. The van der Waals surface area contributed by atoms with Gasteiger partial charge in [0.2, 0.25) is 11.8 Å². The van der Waals surface area contributed by atoms with Crippen molar-refractivity contribution >= 4 is 91.7 Å². The summed E-state index contributed by atoms with van der Waals surface area (Å²) >= 11 is 6.20. The van der Waals surface area contributed by atoms with Gasteiger partial charge in [0.1, 0.15) is 27.9 Å². The Kier molecular flexibility index (Phi) is 17.6. The zero-order valence-corrected chi connectivity index (χ0v) is 62.5. The van der Waals surface area contributed by atoms with E-state index in [0.29, 0.717) is 63.1 Å². The van der Waals surface area contributed by atoms with Crippen LogP contribution < -0.4 is 31.1 Å². The molecular formula is C80H89ClF7N15O4. The van der Waals surface area contributed by atoms with Crippen molar-refractivity contribution in [1.82, 2.24) is 54.5 Å². The first-order chi connectivity index (χ1) is 50.7. The Morgan fingerprint density at radius 2 is 1.14 bits per heavy atom. The largest absolute Gasteiger partial charge is 0.341 e. The first-order valence-corrected chi connectivity index (χ1v) is 37.9. The summed E-state index contributed by atoms with van der Waals surface area (Å²) < 4.78 is 109. The maximum atomic E-state index is 16.6. The van der Waals surface area contributed by atoms with E-state index < -0.39 is 80.3 Å². The third-order valence-electron chi connectivity index (χ3n) is 25.0. The topological polar surface area (TPSA) is 204 Å². The van der Waals surface area contributed by atoms with Crippen molar-refractivity contribution in [2.24, 2.45) is 5.92 Å². The maximum Gasteiger partial charge on any atom is 0.261 e. The third-order valence-corrected chi connectivity index (χ3v) is 25.4. The summed E-state index contributed by atoms with van der Waals surface area (Å²) in [6, 6.07) is 14.4. The van der Waals surface area contributed by atoms with E-state index in [1.807, 2.05) is 86.2 Å². The monoisotopic (exact) mass is 1490 g/mol. The number of rotatable bonds is 20. The van der Waals surface area contributed by atoms with Crippen molar-refractivity contribution in [2.45, 2.75) is 229 Å². The molecule has 8 aliphatic rings. The molecule has 8 aromatic rings. The van der Waals surface area contributed by atoms with Crippen LogP contribution in [0.25, 0.3) is 44.6 Å². The highest BCUT2D eigenvalue weighted by atomic mass is 35.5. The van der Waals surface area contributed by atoms with Crippen molar-refractivity contribution in [3.05, 3.63) is 124 Å². The molecule has 4 aliphatic carbocycles. The lowest BCUT2D eigenvalue weighted by atomic mass is 9.70. The number of nitrogens with zero attached hydrogens (tertiary/aromatic N) is 11. The normalized spacial score (nSPS) is 24.4. The molecule has 5 aromatic heterocycles. The van der Waals surface area contributed by atoms with Crippen LogP contribution >= 0.6 is 11.6 Å². The van der Waals surface area contributed by atoms with Crippen LogP contribution in [-0.4, -0.2) is 141 Å². The number of benzene rings is 3. The highest BCUT2D eigenvalue weighted by Crippen LogP contribution is 2.54. The molecule has 4 amide bonds. The van der Waals surface area contributed by atoms with Crippen LogP contribution in [0.15, 0.2) is 73.4 Å². The molecule has 9 heterocycles. The number of hydrogen-bond acceptors (Lipinski definition) is 13. The minimum Gasteiger partial charge on any atom is -0.341 e. The van der Waals surface area contributed by atoms with Gasteiger partial charge in [-0.05, 0) is 232 Å². The van der Waals surface area contributed by atoms with E-state index in [1.54, 1.807) is 36.4 Å². The summed E-state index contributed by atoms with van der Waals surface area (Å²) in [5.74, 6) is -5.01. The van der Waals surface area contributed by atoms with Crippen LogP contribution in [0.1, 0.15) is 202 Å². The number of carbonyl (C=O) groups is 4. The van der Waals surface area contributed by atoms with Crippen LogP contribution in [0.5, 0.6) is 0 Å². The van der Waals surface area contributed by atoms with Gasteiger partial charge in [-0.15, -0.1) is 0 Å². The predicted octanol–water partition coefficient (Wildman–Crippen LogP) is 16.3. The number of halogens is 8. The van der Waals surface area contributed by atoms with Gasteiger partial charge in [0.15, 0.2) is 23.3 Å². The van der Waals surface area contributed by atoms with Gasteiger partial charge in [0.25, 0.3) is 24.7 Å². The summed E-state index contributed by atoms with van der Waals surface area (Å²) in [5, 5.41) is 10.1. The molecule has 4 aliphatic heterocycles. The van der Waals surface area contributed by atoms with Gasteiger partial charge < -0.3 is 40.2 Å². The van der Waals surface area contributed by atoms with Crippen LogP contribution in [0.2, 0.25) is 5.02 Å². The van der Waals surface area contributed by atoms with Gasteiger partial charge in [0, 0.05) is 70.4 Å². The molecule has 6 fully saturated rings. The highest BCUT2D eigenvalue weighted by molar-refractivity contribution is 6.34. The van der Waals surface area contributed by atoms with Gasteiger partial charge in [-0.2, -0.15) is 0 Å². The molecule has 107 heavy (non-hydrogen) atoms. The Morgan fingerprint density at radius 1 is 0.607 bits per heavy atom. The van der Waals surface area contributed by atoms with E-state index in [1.165, 1.54) is 31.4 Å². The molecule has 2 atom stereocenters. The van der Waals surface area contributed by atoms with E-state index in [9.17, 15) is 36.7 Å². The standard InChI is InChI=1S/C80H89ClF7N15O4/c1-41(2)100-39-90-57-31-53(92-67(64(57)100)95-56-30-50(61(81)63(84)62(56)83)70(105)97-80(20-21-80)72(87)88)45-16-17-51-59(27-45)102(73(106)75(51,5)6)47-35-78(10,36-47)99-24-14-15-44(38-99)26-43(4)101-40-91-58-32-54(93-68(65(58)101)94-55-29-49(42(3)25-52(55)82)69(104)96-79(18-19-79)71(85)86)46-28-60-66(89-37-46)76(7,8)74(107)103(60)48-33-77(9,34-48)98-22-12-11-13-23-98/h16-17,25,27-32,37,39-41,43-44,47-48,71-72H,11-15,18-24,26,33-36,38H2,1-10H3,(H,92,95)(H,93,94)(H,96,104)(H,97,105). The number of amides is 4. The van der Waals surface area contributed by atoms with Gasteiger partial charge in [-0.1, -0.05) is 30.2 Å². The fraction of sp³-hybridized carbons (Fsp3) is 0.512. The molecule has 4 saturated carbocycles. The summed E-state index contributed by atoms with van der Waals surface area (Å²) in [5.41, 5.74) is 0.731. The molecule has 16 rings (SSSR count). The number of nitrogens with one attached hydrogen (secondary N) is 4. The number of aromatic nitrogens is 7. The van der Waals surface area contributed by atoms with Gasteiger partial charge in [0.05, 0.1) is 79.2 Å². The number of pyridine rings is 3. The number of carbonyl (C=O) groups excluding carboxylic acids is 4. The Morgan fingerprint density at radius 3 is 1.75 bits per heavy atom. The number of hydrogen-bond donors (Lipinski definition) is 4. The molecule has 19 nitrogen and oxygen atoms in total. The number of imidazole rings is 2. The second-order valence-corrected chi connectivity index (χ2v) is 34.0. The van der Waals surface area contributed by atoms with E-state index in [4.69, 9.17) is 36.5 Å². The molecule has 2 unspecified atom stereocenters. The van der Waals surface area contributed by atoms with Crippen molar-refractivity contribution in [2.75, 3.05) is 46.6 Å². The Labute approximate surface area is 621 Å². The van der Waals surface area contributed by atoms with Gasteiger partial charge in [-0.25, -0.2) is 50.7 Å². The average Bonchev–Trinajstić information content (AvgIpc) is 1.68. The maximum absolute atomic E-state index is 16.6. The van der Waals surface area contributed by atoms with Crippen LogP contribution in [0, 0.1) is 30.3 Å². The van der Waals surface area contributed by atoms with E-state index >= 15 is 13.2 Å². The van der Waals surface area contributed by atoms with E-state index in [-0.39, 0.29) is 107 Å². The fourth-order valence-electron chi connectivity index (χ4n) is 18.1. The lowest BCUT2D eigenvalue weighted by Gasteiger charge is -2.56. The number of alkyl halides is 4. The van der Waals surface area contributed by atoms with E-state index in [0.717, 1.165) is 81.3 Å². The number of aryl methyl sites for hydroxylation is 1. The molecule has 2 saturated heterocycles. The Bertz CT molecular complexity index is 4990. The Balaban J connectivity index is 0.662. The van der Waals surface area contributed by atoms with Gasteiger partial charge >= 0.3 is 0 Å². The zero-order chi connectivity index (χ0) is 75.7. The zero-order valence-electron chi connectivity index (χ0n) is 61.8. The molecule has 4 N–H and O–H groups in total. The highest BCUT2D eigenvalue weighted by Gasteiger charge is 2.58. The fourth-order valence-corrected chi connectivity index (χ4v) is 18.3.